The summed E-state index contributed by atoms with van der Waals surface area (Å²) in [4.78, 5) is 36.2. The number of carboxylic acid groups (broad SMARTS) is 2. The second-order valence-corrected chi connectivity index (χ2v) is 10.5. The fourth-order valence-corrected chi connectivity index (χ4v) is 5.69. The van der Waals surface area contributed by atoms with Crippen molar-refractivity contribution in [1.29, 1.82) is 0 Å². The number of anilines is 2. The normalized spacial score (nSPS) is 21.7. The van der Waals surface area contributed by atoms with Crippen LogP contribution in [0.5, 0.6) is 0 Å². The number of aromatic carboxylic acids is 1. The highest BCUT2D eigenvalue weighted by molar-refractivity contribution is 7.15. The molecule has 0 spiro atoms. The Labute approximate surface area is 200 Å². The van der Waals surface area contributed by atoms with Crippen LogP contribution in [-0.2, 0) is 10.4 Å². The largest absolute Gasteiger partial charge is 0.481 e. The maximum Gasteiger partial charge on any atom is 0.354 e. The van der Waals surface area contributed by atoms with Crippen LogP contribution in [0, 0.1) is 18.3 Å². The van der Waals surface area contributed by atoms with Crippen molar-refractivity contribution in [2.45, 2.75) is 45.6 Å². The second-order valence-electron chi connectivity index (χ2n) is 9.44. The first-order valence-corrected chi connectivity index (χ1v) is 11.7. The Balaban J connectivity index is 1.59. The third kappa shape index (κ3) is 4.78. The van der Waals surface area contributed by atoms with Crippen molar-refractivity contribution in [3.05, 3.63) is 52.9 Å². The highest BCUT2D eigenvalue weighted by Gasteiger charge is 2.49. The fraction of sp³-hybridized carbons (Fsp3) is 0.375. The van der Waals surface area contributed by atoms with Crippen molar-refractivity contribution in [2.24, 2.45) is 11.3 Å². The number of hydrogen-bond donors (Lipinski definition) is 4. The molecular weight excluding hydrogens is 456 g/mol. The van der Waals surface area contributed by atoms with E-state index in [1.54, 1.807) is 6.20 Å². The van der Waals surface area contributed by atoms with Crippen LogP contribution < -0.4 is 5.32 Å². The van der Waals surface area contributed by atoms with Crippen molar-refractivity contribution < 1.29 is 24.9 Å². The quantitative estimate of drug-likeness (QED) is 0.400. The number of aliphatic hydroxyl groups is 1. The molecule has 10 heteroatoms. The predicted molar refractivity (Wildman–Crippen MR) is 127 cm³/mol. The van der Waals surface area contributed by atoms with Crippen molar-refractivity contribution >= 4 is 34.9 Å². The number of hydrogen-bond acceptors (Lipinski definition) is 8. The summed E-state index contributed by atoms with van der Waals surface area (Å²) in [5, 5.41) is 33.7. The van der Waals surface area contributed by atoms with E-state index in [1.165, 1.54) is 23.6 Å². The Hall–Kier alpha value is -3.37. The molecule has 178 valence electrons. The molecule has 4 rings (SSSR count). The number of benzene rings is 1. The maximum atomic E-state index is 11.6. The van der Waals surface area contributed by atoms with Gasteiger partial charge in [-0.3, -0.25) is 4.79 Å². The van der Waals surface area contributed by atoms with Crippen molar-refractivity contribution in [3.63, 3.8) is 0 Å². The lowest BCUT2D eigenvalue weighted by atomic mass is 9.63. The average molecular weight is 483 g/mol. The molecule has 0 amide bonds. The van der Waals surface area contributed by atoms with Gasteiger partial charge in [0.1, 0.15) is 10.6 Å². The van der Waals surface area contributed by atoms with E-state index in [2.05, 4.69) is 20.3 Å². The molecule has 0 radical (unpaired) electrons. The predicted octanol–water partition coefficient (Wildman–Crippen LogP) is 4.45. The van der Waals surface area contributed by atoms with Crippen LogP contribution in [0.25, 0.3) is 10.4 Å². The Morgan fingerprint density at radius 1 is 1.18 bits per heavy atom. The Morgan fingerprint density at radius 3 is 2.62 bits per heavy atom. The van der Waals surface area contributed by atoms with E-state index in [0.717, 1.165) is 16.0 Å². The highest BCUT2D eigenvalue weighted by atomic mass is 32.1. The molecule has 2 heterocycles. The molecule has 1 aromatic carbocycles. The number of nitrogens with zero attached hydrogens (tertiary/aromatic N) is 3. The van der Waals surface area contributed by atoms with Crippen molar-refractivity contribution in [1.82, 2.24) is 15.0 Å². The van der Waals surface area contributed by atoms with Gasteiger partial charge in [-0.2, -0.15) is 0 Å². The van der Waals surface area contributed by atoms with E-state index in [1.807, 2.05) is 39.0 Å². The molecular formula is C24H26N4O5S. The molecule has 2 unspecified atom stereocenters. The van der Waals surface area contributed by atoms with Gasteiger partial charge < -0.3 is 20.6 Å². The van der Waals surface area contributed by atoms with Crippen LogP contribution in [-0.4, -0.2) is 42.2 Å². The van der Waals surface area contributed by atoms with Crippen molar-refractivity contribution in [2.75, 3.05) is 5.32 Å². The van der Waals surface area contributed by atoms with E-state index >= 15 is 0 Å². The fourth-order valence-electron chi connectivity index (χ4n) is 4.67. The average Bonchev–Trinajstić information content (AvgIpc) is 3.24. The topological polar surface area (TPSA) is 146 Å². The van der Waals surface area contributed by atoms with Crippen LogP contribution >= 0.6 is 11.3 Å². The van der Waals surface area contributed by atoms with Gasteiger partial charge in [0.05, 0.1) is 10.8 Å². The SMILES string of the molecule is Cc1cc(Nc2nccc(C(=O)O)n2)cc(-c2cnc(C3(O)CCC(C(=O)O)C(C)(C)C3)s2)c1. The summed E-state index contributed by atoms with van der Waals surface area (Å²) in [6.45, 7) is 5.70. The summed E-state index contributed by atoms with van der Waals surface area (Å²) in [5.74, 6) is -2.29. The molecule has 0 saturated heterocycles. The minimum Gasteiger partial charge on any atom is -0.481 e. The summed E-state index contributed by atoms with van der Waals surface area (Å²) in [5.41, 5.74) is 0.693. The van der Waals surface area contributed by atoms with Crippen LogP contribution in [0.4, 0.5) is 11.6 Å². The molecule has 1 saturated carbocycles. The van der Waals surface area contributed by atoms with Gasteiger partial charge in [-0.05, 0) is 60.9 Å². The summed E-state index contributed by atoms with van der Waals surface area (Å²) >= 11 is 1.39. The molecule has 4 N–H and O–H groups in total. The van der Waals surface area contributed by atoms with Crippen LogP contribution in [0.3, 0.4) is 0 Å². The van der Waals surface area contributed by atoms with E-state index < -0.39 is 28.9 Å². The second kappa shape index (κ2) is 8.77. The van der Waals surface area contributed by atoms with Gasteiger partial charge >= 0.3 is 11.9 Å². The minimum absolute atomic E-state index is 0.105. The van der Waals surface area contributed by atoms with Gasteiger partial charge in [-0.1, -0.05) is 19.9 Å². The number of thiazole rings is 1. The Morgan fingerprint density at radius 2 is 1.94 bits per heavy atom. The zero-order valence-electron chi connectivity index (χ0n) is 19.1. The number of rotatable bonds is 6. The number of carbonyl (C=O) groups is 2. The number of carboxylic acids is 2. The number of aromatic nitrogens is 3. The molecule has 1 aliphatic rings. The Bertz CT molecular complexity index is 1260. The lowest BCUT2D eigenvalue weighted by Gasteiger charge is -2.44. The molecule has 34 heavy (non-hydrogen) atoms. The zero-order valence-corrected chi connectivity index (χ0v) is 19.9. The number of aliphatic carboxylic acids is 1. The zero-order chi connectivity index (χ0) is 24.7. The number of nitrogens with one attached hydrogen (secondary N) is 1. The highest BCUT2D eigenvalue weighted by Crippen LogP contribution is 2.50. The lowest BCUT2D eigenvalue weighted by molar-refractivity contribution is -0.154. The summed E-state index contributed by atoms with van der Waals surface area (Å²) < 4.78 is 0. The maximum absolute atomic E-state index is 11.6. The smallest absolute Gasteiger partial charge is 0.354 e. The van der Waals surface area contributed by atoms with Gasteiger partial charge in [-0.15, -0.1) is 11.3 Å². The summed E-state index contributed by atoms with van der Waals surface area (Å²) in [6, 6.07) is 7.10. The lowest BCUT2D eigenvalue weighted by Crippen LogP contribution is -2.44. The van der Waals surface area contributed by atoms with Gasteiger partial charge in [0, 0.05) is 18.1 Å². The van der Waals surface area contributed by atoms with E-state index in [0.29, 0.717) is 30.0 Å². The van der Waals surface area contributed by atoms with Gasteiger partial charge in [0.25, 0.3) is 0 Å². The van der Waals surface area contributed by atoms with E-state index in [-0.39, 0.29) is 11.6 Å². The van der Waals surface area contributed by atoms with E-state index in [9.17, 15) is 19.8 Å². The van der Waals surface area contributed by atoms with Crippen LogP contribution in [0.1, 0.15) is 54.2 Å². The molecule has 2 atom stereocenters. The monoisotopic (exact) mass is 482 g/mol. The first-order chi connectivity index (χ1) is 16.0. The molecule has 3 aromatic rings. The van der Waals surface area contributed by atoms with E-state index in [4.69, 9.17) is 5.11 Å². The van der Waals surface area contributed by atoms with Crippen LogP contribution in [0.2, 0.25) is 0 Å². The first-order valence-electron chi connectivity index (χ1n) is 10.8. The molecule has 0 bridgehead atoms. The van der Waals surface area contributed by atoms with Gasteiger partial charge in [-0.25, -0.2) is 19.7 Å². The molecule has 9 nitrogen and oxygen atoms in total. The standard InChI is InChI=1S/C24H26N4O5S/c1-13-8-14(10-15(9-13)27-22-25-7-5-17(28-22)20(31)32)18-11-26-21(34-18)24(33)6-4-16(19(29)30)23(2,3)12-24/h5,7-11,16,33H,4,6,12H2,1-3H3,(H,29,30)(H,31,32)(H,25,27,28). The third-order valence-electron chi connectivity index (χ3n) is 6.23. The van der Waals surface area contributed by atoms with Crippen LogP contribution in [0.15, 0.2) is 36.7 Å². The van der Waals surface area contributed by atoms with Gasteiger partial charge in [0.15, 0.2) is 5.69 Å². The Kier molecular flexibility index (Phi) is 6.13. The molecule has 1 aliphatic carbocycles. The first kappa shape index (κ1) is 23.8. The summed E-state index contributed by atoms with van der Waals surface area (Å²) in [6.07, 6.45) is 4.16. The number of aryl methyl sites for hydroxylation is 1. The summed E-state index contributed by atoms with van der Waals surface area (Å²) in [7, 11) is 0. The molecule has 0 aliphatic heterocycles. The van der Waals surface area contributed by atoms with Gasteiger partial charge in [0.2, 0.25) is 5.95 Å². The third-order valence-corrected chi connectivity index (χ3v) is 7.47. The van der Waals surface area contributed by atoms with Crippen molar-refractivity contribution in [3.8, 4) is 10.4 Å². The molecule has 1 fully saturated rings. The minimum atomic E-state index is -1.17. The molecule has 2 aromatic heterocycles.